The molecular formula is C15H22N2S. The molecule has 1 saturated heterocycles. The van der Waals surface area contributed by atoms with E-state index in [2.05, 4.69) is 36.9 Å². The fourth-order valence-electron chi connectivity index (χ4n) is 2.84. The molecule has 0 saturated carbocycles. The molecule has 1 unspecified atom stereocenters. The molecule has 0 spiro atoms. The molecule has 2 N–H and O–H groups in total. The Kier molecular flexibility index (Phi) is 4.23. The quantitative estimate of drug-likeness (QED) is 0.847. The lowest BCUT2D eigenvalue weighted by Gasteiger charge is -2.38. The zero-order valence-electron chi connectivity index (χ0n) is 11.3. The summed E-state index contributed by atoms with van der Waals surface area (Å²) in [5.74, 6) is 0. The lowest BCUT2D eigenvalue weighted by molar-refractivity contribution is 0.450. The van der Waals surface area contributed by atoms with Crippen LogP contribution in [-0.2, 0) is 0 Å². The van der Waals surface area contributed by atoms with Gasteiger partial charge in [-0.2, -0.15) is 0 Å². The summed E-state index contributed by atoms with van der Waals surface area (Å²) in [5, 5.41) is 0. The first-order valence-corrected chi connectivity index (χ1v) is 7.21. The number of hydrogen-bond donors (Lipinski definition) is 1. The molecule has 0 aliphatic carbocycles. The minimum absolute atomic E-state index is 0.508. The Balaban J connectivity index is 2.39. The zero-order chi connectivity index (χ0) is 13.1. The first-order chi connectivity index (χ1) is 8.63. The van der Waals surface area contributed by atoms with Gasteiger partial charge < -0.3 is 10.6 Å². The average Bonchev–Trinajstić information content (AvgIpc) is 2.38. The fraction of sp³-hybridized carbons (Fsp3) is 0.533. The van der Waals surface area contributed by atoms with E-state index in [4.69, 9.17) is 18.0 Å². The van der Waals surface area contributed by atoms with E-state index in [-0.39, 0.29) is 0 Å². The minimum Gasteiger partial charge on any atom is -0.389 e. The summed E-state index contributed by atoms with van der Waals surface area (Å²) < 4.78 is 0. The lowest BCUT2D eigenvalue weighted by atomic mass is 9.97. The SMILES string of the molecule is CCC1CCCCN1c1ccc(C)cc1C(N)=S. The number of rotatable bonds is 3. The molecule has 1 aliphatic rings. The third-order valence-corrected chi connectivity index (χ3v) is 4.05. The predicted octanol–water partition coefficient (Wildman–Crippen LogP) is 3.40. The van der Waals surface area contributed by atoms with E-state index < -0.39 is 0 Å². The number of piperidine rings is 1. The molecule has 1 atom stereocenters. The second kappa shape index (κ2) is 5.70. The number of aryl methyl sites for hydroxylation is 1. The van der Waals surface area contributed by atoms with Crippen LogP contribution in [-0.4, -0.2) is 17.6 Å². The van der Waals surface area contributed by atoms with E-state index in [0.29, 0.717) is 11.0 Å². The van der Waals surface area contributed by atoms with Crippen LogP contribution >= 0.6 is 12.2 Å². The third kappa shape index (κ3) is 2.66. The van der Waals surface area contributed by atoms with Gasteiger partial charge in [-0.25, -0.2) is 0 Å². The van der Waals surface area contributed by atoms with Crippen molar-refractivity contribution in [1.29, 1.82) is 0 Å². The highest BCUT2D eigenvalue weighted by atomic mass is 32.1. The van der Waals surface area contributed by atoms with Gasteiger partial charge in [-0.15, -0.1) is 0 Å². The van der Waals surface area contributed by atoms with Crippen molar-refractivity contribution in [2.75, 3.05) is 11.4 Å². The largest absolute Gasteiger partial charge is 0.389 e. The number of hydrogen-bond acceptors (Lipinski definition) is 2. The van der Waals surface area contributed by atoms with Gasteiger partial charge in [0.1, 0.15) is 4.99 Å². The van der Waals surface area contributed by atoms with E-state index >= 15 is 0 Å². The first-order valence-electron chi connectivity index (χ1n) is 6.80. The zero-order valence-corrected chi connectivity index (χ0v) is 12.1. The van der Waals surface area contributed by atoms with Crippen molar-refractivity contribution < 1.29 is 0 Å². The van der Waals surface area contributed by atoms with Crippen LogP contribution < -0.4 is 10.6 Å². The molecule has 1 aliphatic heterocycles. The summed E-state index contributed by atoms with van der Waals surface area (Å²) >= 11 is 5.20. The molecular weight excluding hydrogens is 240 g/mol. The fourth-order valence-corrected chi connectivity index (χ4v) is 3.00. The summed E-state index contributed by atoms with van der Waals surface area (Å²) in [7, 11) is 0. The van der Waals surface area contributed by atoms with Gasteiger partial charge in [0.05, 0.1) is 0 Å². The Morgan fingerprint density at radius 3 is 2.89 bits per heavy atom. The topological polar surface area (TPSA) is 29.3 Å². The van der Waals surface area contributed by atoms with E-state index in [9.17, 15) is 0 Å². The van der Waals surface area contributed by atoms with Crippen molar-refractivity contribution in [1.82, 2.24) is 0 Å². The predicted molar refractivity (Wildman–Crippen MR) is 82.3 cm³/mol. The maximum atomic E-state index is 5.88. The van der Waals surface area contributed by atoms with Gasteiger partial charge in [-0.1, -0.05) is 30.8 Å². The van der Waals surface area contributed by atoms with Gasteiger partial charge in [-0.3, -0.25) is 0 Å². The van der Waals surface area contributed by atoms with E-state index in [1.807, 2.05) is 0 Å². The number of nitrogens with zero attached hydrogens (tertiary/aromatic N) is 1. The second-order valence-corrected chi connectivity index (χ2v) is 5.58. The monoisotopic (exact) mass is 262 g/mol. The van der Waals surface area contributed by atoms with Gasteiger partial charge in [0, 0.05) is 23.8 Å². The van der Waals surface area contributed by atoms with Crippen LogP contribution in [0.5, 0.6) is 0 Å². The van der Waals surface area contributed by atoms with Crippen molar-refractivity contribution >= 4 is 22.9 Å². The van der Waals surface area contributed by atoms with Crippen molar-refractivity contribution in [2.45, 2.75) is 45.6 Å². The summed E-state index contributed by atoms with van der Waals surface area (Å²) in [4.78, 5) is 3.01. The van der Waals surface area contributed by atoms with E-state index in [1.165, 1.54) is 36.9 Å². The molecule has 0 aromatic heterocycles. The molecule has 0 amide bonds. The Hall–Kier alpha value is -1.09. The Morgan fingerprint density at radius 1 is 1.44 bits per heavy atom. The van der Waals surface area contributed by atoms with Crippen molar-refractivity contribution in [3.63, 3.8) is 0 Å². The Bertz CT molecular complexity index is 442. The molecule has 0 radical (unpaired) electrons. The maximum Gasteiger partial charge on any atom is 0.106 e. The van der Waals surface area contributed by atoms with Crippen molar-refractivity contribution in [2.24, 2.45) is 5.73 Å². The number of benzene rings is 1. The highest BCUT2D eigenvalue weighted by molar-refractivity contribution is 7.80. The second-order valence-electron chi connectivity index (χ2n) is 5.14. The molecule has 1 heterocycles. The minimum atomic E-state index is 0.508. The van der Waals surface area contributed by atoms with Crippen LogP contribution in [0.3, 0.4) is 0 Å². The van der Waals surface area contributed by atoms with Crippen molar-refractivity contribution in [3.05, 3.63) is 29.3 Å². The van der Waals surface area contributed by atoms with Gasteiger partial charge >= 0.3 is 0 Å². The number of anilines is 1. The van der Waals surface area contributed by atoms with Crippen LogP contribution in [0.15, 0.2) is 18.2 Å². The molecule has 98 valence electrons. The van der Waals surface area contributed by atoms with Gasteiger partial charge in [0.15, 0.2) is 0 Å². The normalized spacial score (nSPS) is 19.9. The molecule has 1 fully saturated rings. The molecule has 2 nitrogen and oxygen atoms in total. The average molecular weight is 262 g/mol. The Morgan fingerprint density at radius 2 is 2.22 bits per heavy atom. The van der Waals surface area contributed by atoms with Gasteiger partial charge in [-0.05, 0) is 44.7 Å². The summed E-state index contributed by atoms with van der Waals surface area (Å²) in [6, 6.07) is 7.07. The number of thiocarbonyl (C=S) groups is 1. The van der Waals surface area contributed by atoms with Crippen LogP contribution in [0.2, 0.25) is 0 Å². The summed E-state index contributed by atoms with van der Waals surface area (Å²) in [6.07, 6.45) is 5.07. The summed E-state index contributed by atoms with van der Waals surface area (Å²) in [5.41, 5.74) is 9.35. The smallest absolute Gasteiger partial charge is 0.106 e. The van der Waals surface area contributed by atoms with Crippen LogP contribution in [0.4, 0.5) is 5.69 Å². The van der Waals surface area contributed by atoms with Crippen LogP contribution in [0, 0.1) is 6.92 Å². The third-order valence-electron chi connectivity index (χ3n) is 3.83. The maximum absolute atomic E-state index is 5.88. The molecule has 1 aromatic rings. The first kappa shape index (κ1) is 13.3. The Labute approximate surface area is 115 Å². The van der Waals surface area contributed by atoms with Gasteiger partial charge in [0.2, 0.25) is 0 Å². The molecule has 2 rings (SSSR count). The van der Waals surface area contributed by atoms with E-state index in [1.54, 1.807) is 0 Å². The molecule has 18 heavy (non-hydrogen) atoms. The van der Waals surface area contributed by atoms with Crippen LogP contribution in [0.25, 0.3) is 0 Å². The van der Waals surface area contributed by atoms with Crippen LogP contribution in [0.1, 0.15) is 43.7 Å². The molecule has 3 heteroatoms. The highest BCUT2D eigenvalue weighted by Crippen LogP contribution is 2.30. The molecule has 1 aromatic carbocycles. The standard InChI is InChI=1S/C15H22N2S/c1-3-12-6-4-5-9-17(12)14-8-7-11(2)10-13(14)15(16)18/h7-8,10,12H,3-6,9H2,1-2H3,(H2,16,18). The summed E-state index contributed by atoms with van der Waals surface area (Å²) in [6.45, 7) is 5.47. The van der Waals surface area contributed by atoms with E-state index in [0.717, 1.165) is 12.1 Å². The lowest BCUT2D eigenvalue weighted by Crippen LogP contribution is -2.40. The molecule has 0 bridgehead atoms. The highest BCUT2D eigenvalue weighted by Gasteiger charge is 2.23. The van der Waals surface area contributed by atoms with Crippen molar-refractivity contribution in [3.8, 4) is 0 Å². The van der Waals surface area contributed by atoms with Gasteiger partial charge in [0.25, 0.3) is 0 Å². The number of nitrogens with two attached hydrogens (primary N) is 1.